The lowest BCUT2D eigenvalue weighted by Gasteiger charge is -1.99. The number of halogens is 1. The molecule has 1 aliphatic rings. The molecule has 3 nitrogen and oxygen atoms in total. The quantitative estimate of drug-likeness (QED) is 0.512. The number of esters is 1. The van der Waals surface area contributed by atoms with Crippen LogP contribution in [-0.2, 0) is 4.74 Å². The van der Waals surface area contributed by atoms with Gasteiger partial charge in [-0.2, -0.15) is 0 Å². The molecule has 0 bridgehead atoms. The standard InChI is InChI=1S/C14H9FO3/c1-17-14(16)11-7-6-10(12-13(11)18-12)8-2-4-9(15)5-3-8/h2-7H,1H3. The van der Waals surface area contributed by atoms with Crippen LogP contribution in [0.5, 0.6) is 11.5 Å². The van der Waals surface area contributed by atoms with Gasteiger partial charge in [-0.1, -0.05) is 12.1 Å². The van der Waals surface area contributed by atoms with Gasteiger partial charge in [-0.05, 0) is 29.8 Å². The average molecular weight is 244 g/mol. The third-order valence-corrected chi connectivity index (χ3v) is 2.84. The smallest absolute Gasteiger partial charge is 0.341 e. The summed E-state index contributed by atoms with van der Waals surface area (Å²) in [5, 5.41) is 0. The van der Waals surface area contributed by atoms with Crippen LogP contribution in [0.4, 0.5) is 4.39 Å². The van der Waals surface area contributed by atoms with Crippen LogP contribution >= 0.6 is 0 Å². The molecule has 0 saturated carbocycles. The highest BCUT2D eigenvalue weighted by atomic mass is 19.1. The summed E-state index contributed by atoms with van der Waals surface area (Å²) in [6.07, 6.45) is 0. The molecule has 0 fully saturated rings. The van der Waals surface area contributed by atoms with E-state index in [1.807, 2.05) is 0 Å². The average Bonchev–Trinajstić information content (AvgIpc) is 3.18. The van der Waals surface area contributed by atoms with E-state index in [0.29, 0.717) is 17.1 Å². The van der Waals surface area contributed by atoms with Crippen LogP contribution < -0.4 is 4.74 Å². The van der Waals surface area contributed by atoms with E-state index >= 15 is 0 Å². The van der Waals surface area contributed by atoms with Crippen molar-refractivity contribution in [3.63, 3.8) is 0 Å². The van der Waals surface area contributed by atoms with Crippen LogP contribution in [-0.4, -0.2) is 13.1 Å². The summed E-state index contributed by atoms with van der Waals surface area (Å²) in [5.41, 5.74) is 2.11. The van der Waals surface area contributed by atoms with Crippen molar-refractivity contribution in [1.29, 1.82) is 0 Å². The normalized spacial score (nSPS) is 11.4. The Balaban J connectivity index is 2.02. The maximum atomic E-state index is 12.8. The van der Waals surface area contributed by atoms with E-state index in [1.54, 1.807) is 24.3 Å². The van der Waals surface area contributed by atoms with Gasteiger partial charge in [0, 0.05) is 5.56 Å². The molecule has 0 unspecified atom stereocenters. The molecule has 0 radical (unpaired) electrons. The van der Waals surface area contributed by atoms with Crippen molar-refractivity contribution < 1.29 is 18.7 Å². The molecule has 0 aromatic heterocycles. The molecule has 18 heavy (non-hydrogen) atoms. The van der Waals surface area contributed by atoms with Gasteiger partial charge < -0.3 is 9.47 Å². The van der Waals surface area contributed by atoms with E-state index in [-0.39, 0.29) is 5.82 Å². The lowest BCUT2D eigenvalue weighted by molar-refractivity contribution is 0.0600. The molecule has 3 rings (SSSR count). The second-order valence-corrected chi connectivity index (χ2v) is 3.92. The first kappa shape index (κ1) is 10.8. The second-order valence-electron chi connectivity index (χ2n) is 3.92. The molecule has 0 aliphatic carbocycles. The van der Waals surface area contributed by atoms with Crippen LogP contribution in [0.15, 0.2) is 36.4 Å². The number of hydrogen-bond acceptors (Lipinski definition) is 3. The van der Waals surface area contributed by atoms with Crippen molar-refractivity contribution in [2.45, 2.75) is 0 Å². The van der Waals surface area contributed by atoms with E-state index in [9.17, 15) is 9.18 Å². The van der Waals surface area contributed by atoms with Crippen molar-refractivity contribution in [3.05, 3.63) is 47.8 Å². The molecule has 2 aromatic rings. The van der Waals surface area contributed by atoms with E-state index in [4.69, 9.17) is 4.74 Å². The number of rotatable bonds is 2. The Hall–Kier alpha value is -2.36. The lowest BCUT2D eigenvalue weighted by atomic mass is 10.0. The summed E-state index contributed by atoms with van der Waals surface area (Å²) >= 11 is 0. The minimum Gasteiger partial charge on any atom is -0.465 e. The molecule has 4 heteroatoms. The maximum Gasteiger partial charge on any atom is 0.341 e. The third kappa shape index (κ3) is 1.62. The van der Waals surface area contributed by atoms with E-state index in [2.05, 4.69) is 4.74 Å². The molecule has 0 amide bonds. The SMILES string of the molecule is COC(=O)c1ccc(-c2ccc(F)cc2)c2c1O2. The largest absolute Gasteiger partial charge is 0.465 e. The predicted octanol–water partition coefficient (Wildman–Crippen LogP) is 3.39. The number of methoxy groups -OCH3 is 1. The van der Waals surface area contributed by atoms with Gasteiger partial charge in [0.1, 0.15) is 11.4 Å². The van der Waals surface area contributed by atoms with Crippen molar-refractivity contribution in [1.82, 2.24) is 0 Å². The van der Waals surface area contributed by atoms with Crippen molar-refractivity contribution in [2.75, 3.05) is 7.11 Å². The molecular weight excluding hydrogens is 235 g/mol. The molecule has 90 valence electrons. The zero-order chi connectivity index (χ0) is 12.7. The Morgan fingerprint density at radius 1 is 1.11 bits per heavy atom. The van der Waals surface area contributed by atoms with Crippen molar-refractivity contribution in [3.8, 4) is 22.6 Å². The monoisotopic (exact) mass is 244 g/mol. The van der Waals surface area contributed by atoms with Crippen LogP contribution in [0.2, 0.25) is 0 Å². The van der Waals surface area contributed by atoms with Gasteiger partial charge in [0.15, 0.2) is 11.5 Å². The van der Waals surface area contributed by atoms with Crippen molar-refractivity contribution in [2.24, 2.45) is 0 Å². The molecular formula is C14H9FO3. The Morgan fingerprint density at radius 3 is 2.50 bits per heavy atom. The first-order valence-corrected chi connectivity index (χ1v) is 5.40. The van der Waals surface area contributed by atoms with Gasteiger partial charge in [-0.25, -0.2) is 9.18 Å². The fraction of sp³-hybridized carbons (Fsp3) is 0.0714. The fourth-order valence-electron chi connectivity index (χ4n) is 1.88. The van der Waals surface area contributed by atoms with Crippen molar-refractivity contribution >= 4 is 5.97 Å². The molecule has 2 aromatic carbocycles. The van der Waals surface area contributed by atoms with Gasteiger partial charge in [-0.15, -0.1) is 0 Å². The van der Waals surface area contributed by atoms with Gasteiger partial charge in [0.25, 0.3) is 0 Å². The lowest BCUT2D eigenvalue weighted by Crippen LogP contribution is -1.98. The summed E-state index contributed by atoms with van der Waals surface area (Å²) in [4.78, 5) is 11.4. The van der Waals surface area contributed by atoms with Crippen LogP contribution in [0.1, 0.15) is 10.4 Å². The summed E-state index contributed by atoms with van der Waals surface area (Å²) in [6.45, 7) is 0. The summed E-state index contributed by atoms with van der Waals surface area (Å²) in [7, 11) is 1.32. The summed E-state index contributed by atoms with van der Waals surface area (Å²) in [6, 6.07) is 9.53. The minimum atomic E-state index is -0.422. The molecule has 1 heterocycles. The highest BCUT2D eigenvalue weighted by Crippen LogP contribution is 2.54. The summed E-state index contributed by atoms with van der Waals surface area (Å²) in [5.74, 6) is 0.495. The number of carbonyl (C=O) groups is 1. The molecule has 1 aliphatic heterocycles. The topological polar surface area (TPSA) is 38.8 Å². The number of carbonyl (C=O) groups excluding carboxylic acids is 1. The third-order valence-electron chi connectivity index (χ3n) is 2.84. The molecule has 0 N–H and O–H groups in total. The highest BCUT2D eigenvalue weighted by molar-refractivity contribution is 5.98. The number of benzene rings is 2. The van der Waals surface area contributed by atoms with Crippen LogP contribution in [0, 0.1) is 5.82 Å². The second kappa shape index (κ2) is 3.84. The Labute approximate surface area is 103 Å². The first-order chi connectivity index (χ1) is 8.70. The van der Waals surface area contributed by atoms with Crippen LogP contribution in [0.3, 0.4) is 0 Å². The van der Waals surface area contributed by atoms with Gasteiger partial charge in [0.2, 0.25) is 0 Å². The number of fused-ring (bicyclic) bond motifs is 1. The number of hydrogen-bond donors (Lipinski definition) is 0. The number of ether oxygens (including phenoxy) is 2. The van der Waals surface area contributed by atoms with Gasteiger partial charge >= 0.3 is 5.97 Å². The van der Waals surface area contributed by atoms with Crippen LogP contribution in [0.25, 0.3) is 11.1 Å². The maximum absolute atomic E-state index is 12.8. The Bertz CT molecular complexity index is 632. The first-order valence-electron chi connectivity index (χ1n) is 5.40. The zero-order valence-electron chi connectivity index (χ0n) is 9.57. The van der Waals surface area contributed by atoms with E-state index in [1.165, 1.54) is 19.2 Å². The predicted molar refractivity (Wildman–Crippen MR) is 63.2 cm³/mol. The fourth-order valence-corrected chi connectivity index (χ4v) is 1.88. The highest BCUT2D eigenvalue weighted by Gasteiger charge is 2.32. The Morgan fingerprint density at radius 2 is 1.83 bits per heavy atom. The van der Waals surface area contributed by atoms with Gasteiger partial charge in [-0.3, -0.25) is 0 Å². The molecule has 0 saturated heterocycles. The summed E-state index contributed by atoms with van der Waals surface area (Å²) < 4.78 is 22.8. The van der Waals surface area contributed by atoms with Gasteiger partial charge in [0.05, 0.1) is 7.11 Å². The minimum absolute atomic E-state index is 0.285. The molecule has 0 atom stereocenters. The van der Waals surface area contributed by atoms with E-state index in [0.717, 1.165) is 11.1 Å². The Kier molecular flexibility index (Phi) is 2.30. The molecule has 0 spiro atoms. The van der Waals surface area contributed by atoms with E-state index < -0.39 is 5.97 Å². The zero-order valence-corrected chi connectivity index (χ0v) is 9.57.